The van der Waals surface area contributed by atoms with E-state index in [1.165, 1.54) is 12.1 Å². The van der Waals surface area contributed by atoms with Crippen LogP contribution in [0.5, 0.6) is 0 Å². The van der Waals surface area contributed by atoms with Crippen molar-refractivity contribution in [3.05, 3.63) is 60.7 Å². The Morgan fingerprint density at radius 1 is 0.800 bits per heavy atom. The molecule has 1 aromatic carbocycles. The zero-order valence-electron chi connectivity index (χ0n) is 16.9. The molecule has 0 saturated heterocycles. The van der Waals surface area contributed by atoms with Gasteiger partial charge in [-0.15, -0.1) is 0 Å². The molecule has 0 saturated carbocycles. The highest BCUT2D eigenvalue weighted by Gasteiger charge is 2.27. The molecule has 0 fully saturated rings. The maximum Gasteiger partial charge on any atom is 0.331 e. The average molecular weight is 420 g/mol. The van der Waals surface area contributed by atoms with Crippen molar-refractivity contribution < 1.29 is 38.3 Å². The van der Waals surface area contributed by atoms with Crippen LogP contribution in [0, 0.1) is 0 Å². The van der Waals surface area contributed by atoms with Gasteiger partial charge in [0.25, 0.3) is 11.8 Å². The fourth-order valence-corrected chi connectivity index (χ4v) is 2.11. The molecular formula is C20H24N2O8. The molecule has 0 spiro atoms. The third-order valence-electron chi connectivity index (χ3n) is 3.39. The second-order valence-electron chi connectivity index (χ2n) is 5.34. The van der Waals surface area contributed by atoms with E-state index < -0.39 is 37.2 Å². The first-order chi connectivity index (χ1) is 14.4. The van der Waals surface area contributed by atoms with E-state index in [-0.39, 0.29) is 24.3 Å². The molecule has 0 heterocycles. The van der Waals surface area contributed by atoms with E-state index in [2.05, 4.69) is 13.2 Å². The summed E-state index contributed by atoms with van der Waals surface area (Å²) in [7, 11) is 0. The molecule has 0 bridgehead atoms. The van der Waals surface area contributed by atoms with Crippen molar-refractivity contribution in [2.24, 2.45) is 0 Å². The lowest BCUT2D eigenvalue weighted by atomic mass is 10.1. The number of hydrogen-bond acceptors (Lipinski definition) is 8. The Kier molecular flexibility index (Phi) is 10.5. The van der Waals surface area contributed by atoms with E-state index in [1.807, 2.05) is 0 Å². The number of amides is 2. The summed E-state index contributed by atoms with van der Waals surface area (Å²) in [5.74, 6) is -2.94. The molecule has 1 aromatic rings. The Labute approximate surface area is 174 Å². The Morgan fingerprint density at radius 3 is 1.47 bits per heavy atom. The van der Waals surface area contributed by atoms with Crippen molar-refractivity contribution in [3.63, 3.8) is 0 Å². The molecule has 0 aliphatic rings. The molecule has 10 nitrogen and oxygen atoms in total. The highest BCUT2D eigenvalue weighted by atomic mass is 16.7. The van der Waals surface area contributed by atoms with Crippen molar-refractivity contribution in [3.8, 4) is 0 Å². The van der Waals surface area contributed by atoms with Crippen LogP contribution < -0.4 is 0 Å². The van der Waals surface area contributed by atoms with Crippen LogP contribution in [-0.4, -0.2) is 60.6 Å². The quantitative estimate of drug-likeness (QED) is 0.218. The van der Waals surface area contributed by atoms with Crippen LogP contribution in [0.1, 0.15) is 34.6 Å². The summed E-state index contributed by atoms with van der Waals surface area (Å²) >= 11 is 0. The van der Waals surface area contributed by atoms with Crippen LogP contribution in [0.15, 0.2) is 49.6 Å². The molecule has 10 heteroatoms. The molecule has 0 aromatic heterocycles. The zero-order chi connectivity index (χ0) is 22.5. The van der Waals surface area contributed by atoms with Crippen molar-refractivity contribution in [2.75, 3.05) is 26.7 Å². The molecule has 1 rings (SSSR count). The fraction of sp³-hybridized carbons (Fsp3) is 0.300. The van der Waals surface area contributed by atoms with Gasteiger partial charge in [0.05, 0.1) is 24.3 Å². The summed E-state index contributed by atoms with van der Waals surface area (Å²) in [6.45, 7) is 9.02. The second kappa shape index (κ2) is 12.9. The third kappa shape index (κ3) is 7.15. The molecule has 0 aliphatic heterocycles. The van der Waals surface area contributed by atoms with E-state index in [0.29, 0.717) is 0 Å². The predicted molar refractivity (Wildman–Crippen MR) is 104 cm³/mol. The van der Waals surface area contributed by atoms with Crippen LogP contribution in [0.3, 0.4) is 0 Å². The Balaban J connectivity index is 3.14. The second-order valence-corrected chi connectivity index (χ2v) is 5.34. The number of hydroxylamine groups is 4. The van der Waals surface area contributed by atoms with Crippen LogP contribution in [0.25, 0.3) is 0 Å². The monoisotopic (exact) mass is 420 g/mol. The number of rotatable bonds is 12. The Bertz CT molecular complexity index is 728. The molecule has 30 heavy (non-hydrogen) atoms. The van der Waals surface area contributed by atoms with Crippen molar-refractivity contribution >= 4 is 23.8 Å². The maximum absolute atomic E-state index is 12.9. The Hall–Kier alpha value is -3.50. The first-order valence-corrected chi connectivity index (χ1v) is 8.96. The fourth-order valence-electron chi connectivity index (χ4n) is 2.11. The summed E-state index contributed by atoms with van der Waals surface area (Å²) < 4.78 is 9.70. The summed E-state index contributed by atoms with van der Waals surface area (Å²) in [4.78, 5) is 58.9. The number of carbonyl (C=O) groups is 4. The lowest BCUT2D eigenvalue weighted by Gasteiger charge is -2.24. The van der Waals surface area contributed by atoms with E-state index in [0.717, 1.165) is 22.3 Å². The van der Waals surface area contributed by atoms with Crippen LogP contribution >= 0.6 is 0 Å². The molecule has 162 valence electrons. The van der Waals surface area contributed by atoms with Gasteiger partial charge >= 0.3 is 11.9 Å². The van der Waals surface area contributed by atoms with Gasteiger partial charge in [-0.05, 0) is 26.0 Å². The van der Waals surface area contributed by atoms with Gasteiger partial charge < -0.3 is 9.47 Å². The van der Waals surface area contributed by atoms with Crippen molar-refractivity contribution in [1.82, 2.24) is 10.1 Å². The van der Waals surface area contributed by atoms with Gasteiger partial charge in [0.15, 0.2) is 13.5 Å². The normalized spacial score (nSPS) is 9.93. The Morgan fingerprint density at radius 2 is 1.17 bits per heavy atom. The minimum atomic E-state index is -0.747. The van der Waals surface area contributed by atoms with E-state index in [4.69, 9.17) is 19.1 Å². The number of benzene rings is 1. The molecule has 0 aliphatic carbocycles. The van der Waals surface area contributed by atoms with Crippen LogP contribution in [-0.2, 0) is 28.7 Å². The SMILES string of the molecule is C=CC(=O)OCN(OCC)C(=O)c1ccccc1C(=O)N(COC(=O)C=C)OCC. The topological polar surface area (TPSA) is 112 Å². The number of nitrogens with zero attached hydrogens (tertiary/aromatic N) is 2. The third-order valence-corrected chi connectivity index (χ3v) is 3.39. The standard InChI is InChI=1S/C20H24N2O8/c1-5-17(23)27-13-21(29-7-3)19(25)15-11-9-10-12-16(15)20(26)22(30-8-4)14-28-18(24)6-2/h5-6,9-12H,1-2,7-8,13-14H2,3-4H3. The summed E-state index contributed by atoms with van der Waals surface area (Å²) in [5.41, 5.74) is -0.0734. The first kappa shape index (κ1) is 24.5. The summed E-state index contributed by atoms with van der Waals surface area (Å²) in [6, 6.07) is 5.90. The van der Waals surface area contributed by atoms with E-state index in [9.17, 15) is 19.2 Å². The highest BCUT2D eigenvalue weighted by Crippen LogP contribution is 2.16. The van der Waals surface area contributed by atoms with Crippen LogP contribution in [0.2, 0.25) is 0 Å². The van der Waals surface area contributed by atoms with Gasteiger partial charge in [-0.25, -0.2) is 9.59 Å². The molecule has 0 unspecified atom stereocenters. The minimum Gasteiger partial charge on any atom is -0.439 e. The molecule has 0 atom stereocenters. The lowest BCUT2D eigenvalue weighted by molar-refractivity contribution is -0.180. The lowest BCUT2D eigenvalue weighted by Crippen LogP contribution is -2.38. The first-order valence-electron chi connectivity index (χ1n) is 8.96. The molecule has 2 amide bonds. The van der Waals surface area contributed by atoms with Gasteiger partial charge in [-0.3, -0.25) is 19.3 Å². The predicted octanol–water partition coefficient (Wildman–Crippen LogP) is 1.85. The van der Waals surface area contributed by atoms with Gasteiger partial charge in [0, 0.05) is 12.2 Å². The molecule has 0 N–H and O–H groups in total. The number of carbonyl (C=O) groups excluding carboxylic acids is 4. The van der Waals surface area contributed by atoms with Gasteiger partial charge in [0.2, 0.25) is 0 Å². The minimum absolute atomic E-state index is 0.0367. The number of esters is 2. The van der Waals surface area contributed by atoms with Crippen molar-refractivity contribution in [1.29, 1.82) is 0 Å². The van der Waals surface area contributed by atoms with Gasteiger partial charge in [-0.1, -0.05) is 25.3 Å². The van der Waals surface area contributed by atoms with E-state index in [1.54, 1.807) is 26.0 Å². The maximum atomic E-state index is 12.9. The number of ether oxygens (including phenoxy) is 2. The molecule has 0 radical (unpaired) electrons. The van der Waals surface area contributed by atoms with Crippen LogP contribution in [0.4, 0.5) is 0 Å². The van der Waals surface area contributed by atoms with Gasteiger partial charge in [0.1, 0.15) is 0 Å². The largest absolute Gasteiger partial charge is 0.439 e. The average Bonchev–Trinajstić information content (AvgIpc) is 2.77. The summed E-state index contributed by atoms with van der Waals surface area (Å²) in [5, 5.41) is 1.60. The number of hydrogen-bond donors (Lipinski definition) is 0. The van der Waals surface area contributed by atoms with Crippen molar-refractivity contribution in [2.45, 2.75) is 13.8 Å². The molecular weight excluding hydrogens is 396 g/mol. The highest BCUT2D eigenvalue weighted by molar-refractivity contribution is 6.06. The smallest absolute Gasteiger partial charge is 0.331 e. The van der Waals surface area contributed by atoms with Gasteiger partial charge in [-0.2, -0.15) is 10.1 Å². The summed E-state index contributed by atoms with van der Waals surface area (Å²) in [6.07, 6.45) is 1.88. The van der Waals surface area contributed by atoms with E-state index >= 15 is 0 Å². The zero-order valence-corrected chi connectivity index (χ0v) is 16.9.